The predicted molar refractivity (Wildman–Crippen MR) is 93.8 cm³/mol. The Labute approximate surface area is 159 Å². The summed E-state index contributed by atoms with van der Waals surface area (Å²) in [5.74, 6) is -0.614. The molecule has 0 bridgehead atoms. The number of benzene rings is 1. The molecule has 11 heteroatoms. The third-order valence-corrected chi connectivity index (χ3v) is 4.61. The van der Waals surface area contributed by atoms with E-state index in [-0.39, 0.29) is 13.0 Å². The van der Waals surface area contributed by atoms with Gasteiger partial charge in [-0.05, 0) is 23.6 Å². The summed E-state index contributed by atoms with van der Waals surface area (Å²) in [5.41, 5.74) is -0.597. The minimum absolute atomic E-state index is 0.0770. The van der Waals surface area contributed by atoms with Crippen molar-refractivity contribution in [1.82, 2.24) is 9.55 Å². The first kappa shape index (κ1) is 20.1. The van der Waals surface area contributed by atoms with Gasteiger partial charge in [0.1, 0.15) is 25.0 Å². The molecule has 148 valence electrons. The van der Waals surface area contributed by atoms with Crippen LogP contribution < -0.4 is 16.1 Å². The molecule has 1 saturated heterocycles. The molecule has 28 heavy (non-hydrogen) atoms. The van der Waals surface area contributed by atoms with Crippen LogP contribution in [0.2, 0.25) is 0 Å². The number of esters is 1. The summed E-state index contributed by atoms with van der Waals surface area (Å²) < 4.78 is 27.7. The molecule has 0 aliphatic carbocycles. The van der Waals surface area contributed by atoms with Crippen LogP contribution in [0.15, 0.2) is 46.1 Å². The fourth-order valence-electron chi connectivity index (χ4n) is 2.86. The van der Waals surface area contributed by atoms with Crippen molar-refractivity contribution >= 4 is 14.2 Å². The zero-order chi connectivity index (χ0) is 20.3. The Morgan fingerprint density at radius 1 is 1.36 bits per heavy atom. The van der Waals surface area contributed by atoms with E-state index in [9.17, 15) is 23.8 Å². The Morgan fingerprint density at radius 2 is 2.07 bits per heavy atom. The zero-order valence-electron chi connectivity index (χ0n) is 14.8. The molecule has 1 aromatic carbocycles. The molecule has 1 fully saturated rings. The molecule has 2 heterocycles. The first-order chi connectivity index (χ1) is 13.3. The molecule has 1 aromatic heterocycles. The molecule has 0 radical (unpaired) electrons. The Morgan fingerprint density at radius 3 is 2.75 bits per heavy atom. The van der Waals surface area contributed by atoms with Gasteiger partial charge in [-0.2, -0.15) is 0 Å². The third-order valence-electron chi connectivity index (χ3n) is 4.25. The Bertz CT molecular complexity index is 987. The van der Waals surface area contributed by atoms with Crippen molar-refractivity contribution in [3.63, 3.8) is 0 Å². The number of rotatable bonds is 6. The molecular weight excluding hydrogens is 391 g/mol. The SMILES string of the molecule is Cc1cn([C@H]2C[C@H](OC(=O)c3ccccc3)[C@@H](CO[P+](=O)[O-])O2)c(=O)[nH]c1=O. The minimum atomic E-state index is -3.12. The van der Waals surface area contributed by atoms with E-state index in [1.807, 2.05) is 0 Å². The Kier molecular flexibility index (Phi) is 6.15. The second-order valence-corrected chi connectivity index (χ2v) is 6.88. The quantitative estimate of drug-likeness (QED) is 0.535. The molecule has 0 spiro atoms. The topological polar surface area (TPSA) is 140 Å². The maximum Gasteiger partial charge on any atom is 0.488 e. The normalized spacial score (nSPS) is 22.1. The highest BCUT2D eigenvalue weighted by atomic mass is 31.1. The van der Waals surface area contributed by atoms with E-state index in [4.69, 9.17) is 9.47 Å². The summed E-state index contributed by atoms with van der Waals surface area (Å²) in [5, 5.41) is 0. The summed E-state index contributed by atoms with van der Waals surface area (Å²) in [6, 6.07) is 8.25. The number of hydrogen-bond acceptors (Lipinski definition) is 8. The summed E-state index contributed by atoms with van der Waals surface area (Å²) in [6.07, 6.45) is -1.22. The van der Waals surface area contributed by atoms with Crippen LogP contribution in [0.1, 0.15) is 28.6 Å². The number of carbonyl (C=O) groups is 1. The molecule has 0 saturated carbocycles. The number of H-pyrrole nitrogens is 1. The monoisotopic (exact) mass is 408 g/mol. The van der Waals surface area contributed by atoms with Crippen molar-refractivity contribution in [2.75, 3.05) is 6.61 Å². The predicted octanol–water partition coefficient (Wildman–Crippen LogP) is 0.392. The molecule has 1 aliphatic heterocycles. The molecule has 3 rings (SSSR count). The number of nitrogens with zero attached hydrogens (tertiary/aromatic N) is 1. The van der Waals surface area contributed by atoms with Gasteiger partial charge in [0.05, 0.1) is 5.56 Å². The lowest BCUT2D eigenvalue weighted by Crippen LogP contribution is -2.33. The molecule has 10 nitrogen and oxygen atoms in total. The summed E-state index contributed by atoms with van der Waals surface area (Å²) in [7, 11) is -3.12. The van der Waals surface area contributed by atoms with Crippen molar-refractivity contribution in [1.29, 1.82) is 0 Å². The van der Waals surface area contributed by atoms with Crippen molar-refractivity contribution < 1.29 is 28.3 Å². The van der Waals surface area contributed by atoms with Gasteiger partial charge in [0.25, 0.3) is 5.56 Å². The van der Waals surface area contributed by atoms with Gasteiger partial charge in [0.2, 0.25) is 0 Å². The highest BCUT2D eigenvalue weighted by molar-refractivity contribution is 7.30. The van der Waals surface area contributed by atoms with Crippen LogP contribution in [0, 0.1) is 6.92 Å². The van der Waals surface area contributed by atoms with Crippen LogP contribution in [0.4, 0.5) is 0 Å². The number of carbonyl (C=O) groups excluding carboxylic acids is 1. The molecule has 0 amide bonds. The number of aromatic amines is 1. The van der Waals surface area contributed by atoms with Crippen LogP contribution in [0.3, 0.4) is 0 Å². The number of nitrogens with one attached hydrogen (secondary N) is 1. The largest absolute Gasteiger partial charge is 0.566 e. The number of aromatic nitrogens is 2. The van der Waals surface area contributed by atoms with Crippen LogP contribution in [0.5, 0.6) is 0 Å². The van der Waals surface area contributed by atoms with Crippen molar-refractivity contribution in [3.8, 4) is 0 Å². The summed E-state index contributed by atoms with van der Waals surface area (Å²) in [4.78, 5) is 48.9. The fourth-order valence-corrected chi connectivity index (χ4v) is 3.13. The first-order valence-corrected chi connectivity index (χ1v) is 9.45. The second-order valence-electron chi connectivity index (χ2n) is 6.17. The van der Waals surface area contributed by atoms with E-state index in [0.29, 0.717) is 11.1 Å². The standard InChI is InChI=1S/C17H17N2O8P/c1-10-8-19(17(22)18-15(10)20)14-7-12(13(26-14)9-25-28(23)24)27-16(21)11-5-3-2-4-6-11/h2-6,8,12-14H,7,9H2,1H3,(H,18,20,22)/t12-,13+,14+/m0/s1. The average molecular weight is 408 g/mol. The molecule has 4 atom stereocenters. The highest BCUT2D eigenvalue weighted by Gasteiger charge is 2.40. The van der Waals surface area contributed by atoms with Gasteiger partial charge in [0.15, 0.2) is 0 Å². The van der Waals surface area contributed by atoms with E-state index in [1.54, 1.807) is 30.3 Å². The van der Waals surface area contributed by atoms with Gasteiger partial charge in [-0.1, -0.05) is 18.2 Å². The van der Waals surface area contributed by atoms with E-state index in [1.165, 1.54) is 13.1 Å². The molecule has 2 aromatic rings. The van der Waals surface area contributed by atoms with E-state index in [2.05, 4.69) is 9.51 Å². The number of ether oxygens (including phenoxy) is 2. The molecular formula is C17H17N2O8P. The van der Waals surface area contributed by atoms with Gasteiger partial charge >= 0.3 is 19.9 Å². The van der Waals surface area contributed by atoms with E-state index in [0.717, 1.165) is 4.57 Å². The van der Waals surface area contributed by atoms with Crippen LogP contribution in [-0.2, 0) is 18.6 Å². The van der Waals surface area contributed by atoms with E-state index < -0.39 is 43.9 Å². The zero-order valence-corrected chi connectivity index (χ0v) is 15.7. The van der Waals surface area contributed by atoms with Gasteiger partial charge in [0, 0.05) is 18.2 Å². The summed E-state index contributed by atoms with van der Waals surface area (Å²) >= 11 is 0. The smallest absolute Gasteiger partial charge is 0.488 e. The first-order valence-electron chi connectivity index (χ1n) is 8.36. The Balaban J connectivity index is 1.82. The van der Waals surface area contributed by atoms with Gasteiger partial charge < -0.3 is 14.4 Å². The van der Waals surface area contributed by atoms with E-state index >= 15 is 0 Å². The second kappa shape index (κ2) is 8.57. The number of hydrogen-bond donors (Lipinski definition) is 1. The van der Waals surface area contributed by atoms with Crippen LogP contribution in [-0.4, -0.2) is 34.3 Å². The van der Waals surface area contributed by atoms with Crippen molar-refractivity contribution in [2.45, 2.75) is 31.8 Å². The molecule has 1 unspecified atom stereocenters. The lowest BCUT2D eigenvalue weighted by atomic mass is 10.1. The summed E-state index contributed by atoms with van der Waals surface area (Å²) in [6.45, 7) is 1.15. The fraction of sp³-hybridized carbons (Fsp3) is 0.353. The highest BCUT2D eigenvalue weighted by Crippen LogP contribution is 2.31. The van der Waals surface area contributed by atoms with Gasteiger partial charge in [-0.25, -0.2) is 9.59 Å². The van der Waals surface area contributed by atoms with Gasteiger partial charge in [-0.3, -0.25) is 14.3 Å². The Hall–Kier alpha value is -2.65. The maximum absolute atomic E-state index is 12.3. The molecule has 1 N–H and O–H groups in total. The number of aryl methyl sites for hydroxylation is 1. The van der Waals surface area contributed by atoms with Crippen LogP contribution >= 0.6 is 8.25 Å². The van der Waals surface area contributed by atoms with Crippen molar-refractivity contribution in [3.05, 3.63) is 68.5 Å². The minimum Gasteiger partial charge on any atom is -0.566 e. The third kappa shape index (κ3) is 4.60. The van der Waals surface area contributed by atoms with Crippen molar-refractivity contribution in [2.24, 2.45) is 0 Å². The molecule has 1 aliphatic rings. The average Bonchev–Trinajstić information content (AvgIpc) is 3.06. The lowest BCUT2D eigenvalue weighted by Gasteiger charge is -2.16. The lowest BCUT2D eigenvalue weighted by molar-refractivity contribution is -0.189. The maximum atomic E-state index is 12.3. The van der Waals surface area contributed by atoms with Crippen LogP contribution in [0.25, 0.3) is 0 Å². The van der Waals surface area contributed by atoms with Gasteiger partial charge in [-0.15, -0.1) is 4.52 Å².